The van der Waals surface area contributed by atoms with Crippen LogP contribution < -0.4 is 5.32 Å². The first-order valence-corrected chi connectivity index (χ1v) is 6.33. The molecule has 0 atom stereocenters. The molecule has 2 rings (SSSR count). The van der Waals surface area contributed by atoms with Crippen molar-refractivity contribution in [1.29, 1.82) is 0 Å². The van der Waals surface area contributed by atoms with E-state index in [0.717, 1.165) is 25.5 Å². The molecule has 0 radical (unpaired) electrons. The number of hydrogen-bond donors (Lipinski definition) is 1. The van der Waals surface area contributed by atoms with Crippen LogP contribution in [0.4, 0.5) is 0 Å². The third-order valence-corrected chi connectivity index (χ3v) is 2.84. The quantitative estimate of drug-likeness (QED) is 0.875. The van der Waals surface area contributed by atoms with Gasteiger partial charge in [-0.3, -0.25) is 0 Å². The minimum Gasteiger partial charge on any atom is -0.310 e. The highest BCUT2D eigenvalue weighted by atomic mass is 15.3. The van der Waals surface area contributed by atoms with Crippen LogP contribution in [0.15, 0.2) is 24.5 Å². The summed E-state index contributed by atoms with van der Waals surface area (Å²) >= 11 is 0. The van der Waals surface area contributed by atoms with E-state index in [1.165, 1.54) is 16.7 Å². The molecular formula is C14H20N4. The van der Waals surface area contributed by atoms with Gasteiger partial charge in [0.15, 0.2) is 0 Å². The fourth-order valence-corrected chi connectivity index (χ4v) is 2.13. The lowest BCUT2D eigenvalue weighted by molar-refractivity contribution is 0.595. The van der Waals surface area contributed by atoms with E-state index in [4.69, 9.17) is 0 Å². The molecule has 0 aliphatic rings. The monoisotopic (exact) mass is 244 g/mol. The lowest BCUT2D eigenvalue weighted by Crippen LogP contribution is -2.17. The summed E-state index contributed by atoms with van der Waals surface area (Å²) in [5.41, 5.74) is 3.85. The number of aryl methyl sites for hydroxylation is 2. The lowest BCUT2D eigenvalue weighted by Gasteiger charge is -2.08. The summed E-state index contributed by atoms with van der Waals surface area (Å²) in [6.07, 6.45) is 1.62. The van der Waals surface area contributed by atoms with Crippen LogP contribution in [-0.2, 0) is 13.1 Å². The first-order chi connectivity index (χ1) is 8.69. The van der Waals surface area contributed by atoms with Gasteiger partial charge in [-0.05, 0) is 26.0 Å². The molecule has 4 nitrogen and oxygen atoms in total. The fourth-order valence-electron chi connectivity index (χ4n) is 2.13. The second kappa shape index (κ2) is 5.78. The summed E-state index contributed by atoms with van der Waals surface area (Å²) < 4.78 is 1.96. The third kappa shape index (κ3) is 3.17. The molecule has 2 aromatic rings. The normalized spacial score (nSPS) is 10.8. The second-order valence-corrected chi connectivity index (χ2v) is 4.61. The summed E-state index contributed by atoms with van der Waals surface area (Å²) in [4.78, 5) is 4.28. The third-order valence-electron chi connectivity index (χ3n) is 2.84. The second-order valence-electron chi connectivity index (χ2n) is 4.61. The van der Waals surface area contributed by atoms with Gasteiger partial charge in [0, 0.05) is 0 Å². The maximum absolute atomic E-state index is 4.29. The van der Waals surface area contributed by atoms with Crippen molar-refractivity contribution in [3.8, 4) is 0 Å². The Labute approximate surface area is 108 Å². The Bertz CT molecular complexity index is 496. The average Bonchev–Trinajstić information content (AvgIpc) is 2.72. The van der Waals surface area contributed by atoms with E-state index in [1.54, 1.807) is 6.33 Å². The highest BCUT2D eigenvalue weighted by Crippen LogP contribution is 2.10. The van der Waals surface area contributed by atoms with Crippen LogP contribution in [0, 0.1) is 13.8 Å². The molecule has 1 heterocycles. The van der Waals surface area contributed by atoms with Crippen molar-refractivity contribution >= 4 is 0 Å². The van der Waals surface area contributed by atoms with Crippen LogP contribution in [0.5, 0.6) is 0 Å². The van der Waals surface area contributed by atoms with Crippen molar-refractivity contribution in [1.82, 2.24) is 20.1 Å². The molecule has 0 bridgehead atoms. The summed E-state index contributed by atoms with van der Waals surface area (Å²) in [7, 11) is 0. The Balaban J connectivity index is 2.15. The largest absolute Gasteiger partial charge is 0.310 e. The molecule has 1 aromatic carbocycles. The van der Waals surface area contributed by atoms with E-state index in [1.807, 2.05) is 4.68 Å². The van der Waals surface area contributed by atoms with Crippen LogP contribution in [0.1, 0.15) is 29.4 Å². The number of hydrogen-bond acceptors (Lipinski definition) is 3. The topological polar surface area (TPSA) is 42.7 Å². The molecule has 0 spiro atoms. The molecule has 0 saturated carbocycles. The Morgan fingerprint density at radius 3 is 2.56 bits per heavy atom. The SMILES string of the molecule is CCNCc1ncnn1Cc1cc(C)cc(C)c1. The van der Waals surface area contributed by atoms with Gasteiger partial charge in [0.05, 0.1) is 13.1 Å². The number of benzene rings is 1. The number of rotatable bonds is 5. The van der Waals surface area contributed by atoms with Gasteiger partial charge in [-0.25, -0.2) is 9.67 Å². The highest BCUT2D eigenvalue weighted by Gasteiger charge is 2.05. The van der Waals surface area contributed by atoms with Gasteiger partial charge in [-0.2, -0.15) is 5.10 Å². The van der Waals surface area contributed by atoms with Crippen LogP contribution in [0.25, 0.3) is 0 Å². The summed E-state index contributed by atoms with van der Waals surface area (Å²) in [6.45, 7) is 8.82. The molecular weight excluding hydrogens is 224 g/mol. The zero-order valence-electron chi connectivity index (χ0n) is 11.3. The van der Waals surface area contributed by atoms with Crippen LogP contribution in [-0.4, -0.2) is 21.3 Å². The maximum Gasteiger partial charge on any atom is 0.141 e. The Hall–Kier alpha value is -1.68. The van der Waals surface area contributed by atoms with Crippen molar-refractivity contribution in [2.45, 2.75) is 33.9 Å². The number of aromatic nitrogens is 3. The van der Waals surface area contributed by atoms with Crippen molar-refractivity contribution in [3.05, 3.63) is 47.0 Å². The van der Waals surface area contributed by atoms with Gasteiger partial charge < -0.3 is 5.32 Å². The van der Waals surface area contributed by atoms with E-state index in [2.05, 4.69) is 54.4 Å². The Morgan fingerprint density at radius 1 is 1.17 bits per heavy atom. The zero-order valence-corrected chi connectivity index (χ0v) is 11.3. The first-order valence-electron chi connectivity index (χ1n) is 6.33. The molecule has 1 aromatic heterocycles. The molecule has 0 aliphatic heterocycles. The molecule has 96 valence electrons. The molecule has 0 amide bonds. The van der Waals surface area contributed by atoms with Crippen molar-refractivity contribution < 1.29 is 0 Å². The Kier molecular flexibility index (Phi) is 4.10. The smallest absolute Gasteiger partial charge is 0.141 e. The predicted molar refractivity (Wildman–Crippen MR) is 72.4 cm³/mol. The van der Waals surface area contributed by atoms with E-state index in [-0.39, 0.29) is 0 Å². The molecule has 0 aliphatic carbocycles. The van der Waals surface area contributed by atoms with E-state index in [0.29, 0.717) is 0 Å². The average molecular weight is 244 g/mol. The lowest BCUT2D eigenvalue weighted by atomic mass is 10.1. The molecule has 0 saturated heterocycles. The van der Waals surface area contributed by atoms with E-state index >= 15 is 0 Å². The van der Waals surface area contributed by atoms with E-state index in [9.17, 15) is 0 Å². The maximum atomic E-state index is 4.29. The molecule has 1 N–H and O–H groups in total. The molecule has 18 heavy (non-hydrogen) atoms. The van der Waals surface area contributed by atoms with Crippen LogP contribution in [0.2, 0.25) is 0 Å². The van der Waals surface area contributed by atoms with Crippen molar-refractivity contribution in [2.24, 2.45) is 0 Å². The van der Waals surface area contributed by atoms with Gasteiger partial charge in [0.1, 0.15) is 12.2 Å². The van der Waals surface area contributed by atoms with Gasteiger partial charge in [-0.15, -0.1) is 0 Å². The van der Waals surface area contributed by atoms with Gasteiger partial charge in [0.25, 0.3) is 0 Å². The minimum absolute atomic E-state index is 0.765. The molecule has 0 unspecified atom stereocenters. The number of nitrogens with zero attached hydrogens (tertiary/aromatic N) is 3. The number of nitrogens with one attached hydrogen (secondary N) is 1. The fraction of sp³-hybridized carbons (Fsp3) is 0.429. The standard InChI is InChI=1S/C14H20N4/c1-4-15-8-14-16-10-17-18(14)9-13-6-11(2)5-12(3)7-13/h5-7,10,15H,4,8-9H2,1-3H3. The first kappa shape index (κ1) is 12.8. The predicted octanol–water partition coefficient (Wildman–Crippen LogP) is 2.05. The van der Waals surface area contributed by atoms with Gasteiger partial charge in [0.2, 0.25) is 0 Å². The van der Waals surface area contributed by atoms with Crippen molar-refractivity contribution in [3.63, 3.8) is 0 Å². The minimum atomic E-state index is 0.765. The molecule has 4 heteroatoms. The summed E-state index contributed by atoms with van der Waals surface area (Å²) in [5.74, 6) is 0.982. The van der Waals surface area contributed by atoms with Crippen molar-refractivity contribution in [2.75, 3.05) is 6.54 Å². The molecule has 0 fully saturated rings. The summed E-state index contributed by atoms with van der Waals surface area (Å²) in [6, 6.07) is 6.59. The summed E-state index contributed by atoms with van der Waals surface area (Å²) in [5, 5.41) is 7.57. The highest BCUT2D eigenvalue weighted by molar-refractivity contribution is 5.28. The zero-order chi connectivity index (χ0) is 13.0. The van der Waals surface area contributed by atoms with Gasteiger partial charge in [-0.1, -0.05) is 36.2 Å². The Morgan fingerprint density at radius 2 is 1.89 bits per heavy atom. The van der Waals surface area contributed by atoms with Crippen LogP contribution in [0.3, 0.4) is 0 Å². The van der Waals surface area contributed by atoms with E-state index < -0.39 is 0 Å². The van der Waals surface area contributed by atoms with Crippen LogP contribution >= 0.6 is 0 Å². The van der Waals surface area contributed by atoms with Gasteiger partial charge >= 0.3 is 0 Å².